The third-order valence-electron chi connectivity index (χ3n) is 5.52. The Kier molecular flexibility index (Phi) is 7.15. The lowest BCUT2D eigenvalue weighted by atomic mass is 9.98. The molecule has 1 aliphatic heterocycles. The van der Waals surface area contributed by atoms with Crippen LogP contribution >= 0.6 is 11.6 Å². The van der Waals surface area contributed by atoms with Crippen molar-refractivity contribution < 1.29 is 14.5 Å². The second kappa shape index (κ2) is 9.80. The number of hydrogen-bond donors (Lipinski definition) is 0. The van der Waals surface area contributed by atoms with Gasteiger partial charge >= 0.3 is 0 Å². The molecule has 8 heteroatoms. The predicted molar refractivity (Wildman–Crippen MR) is 118 cm³/mol. The highest BCUT2D eigenvalue weighted by atomic mass is 35.5. The first kappa shape index (κ1) is 21.9. The summed E-state index contributed by atoms with van der Waals surface area (Å²) in [5, 5.41) is 11.7. The van der Waals surface area contributed by atoms with Crippen molar-refractivity contribution in [3.8, 4) is 5.75 Å². The maximum Gasteiger partial charge on any atom is 0.294 e. The normalized spacial score (nSPS) is 15.0. The summed E-state index contributed by atoms with van der Waals surface area (Å²) in [6.45, 7) is 6.23. The average molecular weight is 432 g/mol. The Balaban J connectivity index is 1.59. The highest BCUT2D eigenvalue weighted by Gasteiger charge is 2.26. The van der Waals surface area contributed by atoms with Gasteiger partial charge in [-0.15, -0.1) is 0 Å². The number of hydrogen-bond acceptors (Lipinski definition) is 5. The topological polar surface area (TPSA) is 75.9 Å². The zero-order valence-corrected chi connectivity index (χ0v) is 18.0. The van der Waals surface area contributed by atoms with E-state index in [9.17, 15) is 14.9 Å². The molecule has 3 rings (SSSR count). The van der Waals surface area contributed by atoms with Gasteiger partial charge in [-0.3, -0.25) is 14.9 Å². The Morgan fingerprint density at radius 1 is 1.20 bits per heavy atom. The van der Waals surface area contributed by atoms with Gasteiger partial charge in [-0.2, -0.15) is 0 Å². The van der Waals surface area contributed by atoms with Crippen molar-refractivity contribution >= 4 is 28.9 Å². The van der Waals surface area contributed by atoms with Gasteiger partial charge in [0, 0.05) is 37.3 Å². The molecular weight excluding hydrogens is 406 g/mol. The van der Waals surface area contributed by atoms with E-state index in [0.717, 1.165) is 17.7 Å². The van der Waals surface area contributed by atoms with Crippen LogP contribution in [0.3, 0.4) is 0 Å². The largest absolute Gasteiger partial charge is 0.483 e. The number of ether oxygens (including phenoxy) is 1. The van der Waals surface area contributed by atoms with Crippen LogP contribution in [0.2, 0.25) is 5.02 Å². The second-order valence-electron chi connectivity index (χ2n) is 7.39. The molecule has 1 aliphatic rings. The molecule has 1 unspecified atom stereocenters. The van der Waals surface area contributed by atoms with Gasteiger partial charge in [-0.1, -0.05) is 43.6 Å². The van der Waals surface area contributed by atoms with Crippen molar-refractivity contribution in [2.45, 2.75) is 26.2 Å². The van der Waals surface area contributed by atoms with Gasteiger partial charge in [0.15, 0.2) is 6.61 Å². The lowest BCUT2D eigenvalue weighted by Crippen LogP contribution is -2.50. The molecule has 0 N–H and O–H groups in total. The third kappa shape index (κ3) is 5.02. The zero-order valence-electron chi connectivity index (χ0n) is 17.2. The molecule has 0 spiro atoms. The number of piperazine rings is 1. The number of benzene rings is 2. The smallest absolute Gasteiger partial charge is 0.294 e. The van der Waals surface area contributed by atoms with Gasteiger partial charge in [0.2, 0.25) is 0 Å². The molecule has 0 radical (unpaired) electrons. The molecule has 7 nitrogen and oxygen atoms in total. The van der Waals surface area contributed by atoms with Crippen molar-refractivity contribution in [2.24, 2.45) is 0 Å². The molecule has 160 valence electrons. The van der Waals surface area contributed by atoms with Gasteiger partial charge < -0.3 is 14.5 Å². The van der Waals surface area contributed by atoms with Crippen LogP contribution in [0.15, 0.2) is 42.5 Å². The number of rotatable bonds is 7. The number of carbonyl (C=O) groups excluding carboxylic acids is 1. The van der Waals surface area contributed by atoms with Crippen LogP contribution in [0.25, 0.3) is 0 Å². The van der Waals surface area contributed by atoms with E-state index in [2.05, 4.69) is 13.8 Å². The maximum atomic E-state index is 12.6. The molecule has 1 amide bonds. The van der Waals surface area contributed by atoms with E-state index in [1.54, 1.807) is 17.0 Å². The molecule has 1 heterocycles. The molecule has 1 fully saturated rings. The highest BCUT2D eigenvalue weighted by molar-refractivity contribution is 6.30. The first-order valence-electron chi connectivity index (χ1n) is 10.1. The van der Waals surface area contributed by atoms with E-state index < -0.39 is 4.92 Å². The number of anilines is 1. The van der Waals surface area contributed by atoms with E-state index in [0.29, 0.717) is 42.8 Å². The summed E-state index contributed by atoms with van der Waals surface area (Å²) in [5.41, 5.74) is 1.61. The summed E-state index contributed by atoms with van der Waals surface area (Å²) in [6.07, 6.45) is 0.993. The second-order valence-corrected chi connectivity index (χ2v) is 7.83. The fraction of sp³-hybridized carbons (Fsp3) is 0.409. The van der Waals surface area contributed by atoms with Crippen LogP contribution in [0.4, 0.5) is 11.4 Å². The Morgan fingerprint density at radius 2 is 1.90 bits per heavy atom. The molecule has 1 atom stereocenters. The van der Waals surface area contributed by atoms with Gasteiger partial charge in [0.25, 0.3) is 11.6 Å². The zero-order chi connectivity index (χ0) is 21.7. The fourth-order valence-corrected chi connectivity index (χ4v) is 3.74. The monoisotopic (exact) mass is 431 g/mol. The quantitative estimate of drug-likeness (QED) is 0.477. The van der Waals surface area contributed by atoms with E-state index in [1.807, 2.05) is 29.2 Å². The molecule has 0 aromatic heterocycles. The summed E-state index contributed by atoms with van der Waals surface area (Å²) in [4.78, 5) is 27.2. The number of nitro benzene ring substituents is 1. The van der Waals surface area contributed by atoms with Crippen molar-refractivity contribution in [3.05, 3.63) is 63.2 Å². The number of nitrogens with zero attached hydrogens (tertiary/aromatic N) is 3. The van der Waals surface area contributed by atoms with Crippen LogP contribution in [-0.4, -0.2) is 48.5 Å². The number of para-hydroxylation sites is 1. The molecule has 0 bridgehead atoms. The summed E-state index contributed by atoms with van der Waals surface area (Å²) in [6, 6.07) is 12.5. The third-order valence-corrected chi connectivity index (χ3v) is 5.76. The summed E-state index contributed by atoms with van der Waals surface area (Å²) >= 11 is 5.90. The van der Waals surface area contributed by atoms with E-state index in [1.165, 1.54) is 6.07 Å². The van der Waals surface area contributed by atoms with Crippen LogP contribution in [0.1, 0.15) is 31.7 Å². The van der Waals surface area contributed by atoms with E-state index >= 15 is 0 Å². The Morgan fingerprint density at radius 3 is 2.57 bits per heavy atom. The van der Waals surface area contributed by atoms with Crippen molar-refractivity contribution in [1.82, 2.24) is 4.90 Å². The fourth-order valence-electron chi connectivity index (χ4n) is 3.58. The average Bonchev–Trinajstić information content (AvgIpc) is 2.77. The minimum Gasteiger partial charge on any atom is -0.483 e. The lowest BCUT2D eigenvalue weighted by Gasteiger charge is -2.35. The maximum absolute atomic E-state index is 12.6. The Hall–Kier alpha value is -2.80. The molecule has 1 saturated heterocycles. The van der Waals surface area contributed by atoms with Gasteiger partial charge in [0.1, 0.15) is 11.4 Å². The van der Waals surface area contributed by atoms with Crippen LogP contribution < -0.4 is 9.64 Å². The van der Waals surface area contributed by atoms with Crippen LogP contribution in [-0.2, 0) is 4.79 Å². The molecule has 0 saturated carbocycles. The summed E-state index contributed by atoms with van der Waals surface area (Å²) in [7, 11) is 0. The molecule has 0 aliphatic carbocycles. The van der Waals surface area contributed by atoms with E-state index in [-0.39, 0.29) is 18.2 Å². The van der Waals surface area contributed by atoms with Gasteiger partial charge in [-0.25, -0.2) is 0 Å². The number of carbonyl (C=O) groups is 1. The predicted octanol–water partition coefficient (Wildman–Crippen LogP) is 4.49. The lowest BCUT2D eigenvalue weighted by molar-refractivity contribution is -0.384. The Labute approximate surface area is 181 Å². The van der Waals surface area contributed by atoms with Gasteiger partial charge in [-0.05, 0) is 36.1 Å². The standard InChI is InChI=1S/C22H26ClN3O4/c1-3-16(2)18-6-4-5-7-21(18)30-15-22(27)25-12-10-24(11-13-25)19-9-8-17(23)14-20(19)26(28)29/h4-9,14,16H,3,10-13,15H2,1-2H3. The Bertz CT molecular complexity index is 913. The minimum absolute atomic E-state index is 0.0193. The molecular formula is C22H26ClN3O4. The highest BCUT2D eigenvalue weighted by Crippen LogP contribution is 2.32. The first-order valence-corrected chi connectivity index (χ1v) is 10.5. The van der Waals surface area contributed by atoms with Crippen molar-refractivity contribution in [1.29, 1.82) is 0 Å². The molecule has 2 aromatic carbocycles. The number of halogens is 1. The minimum atomic E-state index is -0.429. The SMILES string of the molecule is CCC(C)c1ccccc1OCC(=O)N1CCN(c2ccc(Cl)cc2[N+](=O)[O-])CC1. The van der Waals surface area contributed by atoms with Gasteiger partial charge in [0.05, 0.1) is 4.92 Å². The number of nitro groups is 1. The van der Waals surface area contributed by atoms with Crippen LogP contribution in [0.5, 0.6) is 5.75 Å². The van der Waals surface area contributed by atoms with Crippen molar-refractivity contribution in [3.63, 3.8) is 0 Å². The summed E-state index contributed by atoms with van der Waals surface area (Å²) < 4.78 is 5.84. The summed E-state index contributed by atoms with van der Waals surface area (Å²) in [5.74, 6) is 1.02. The van der Waals surface area contributed by atoms with E-state index in [4.69, 9.17) is 16.3 Å². The van der Waals surface area contributed by atoms with Crippen molar-refractivity contribution in [2.75, 3.05) is 37.7 Å². The molecule has 30 heavy (non-hydrogen) atoms. The molecule has 2 aromatic rings. The van der Waals surface area contributed by atoms with Crippen LogP contribution in [0, 0.1) is 10.1 Å². The first-order chi connectivity index (χ1) is 14.4. The number of amides is 1.